The molecule has 1 atom stereocenters. The van der Waals surface area contributed by atoms with E-state index in [-0.39, 0.29) is 35.9 Å². The summed E-state index contributed by atoms with van der Waals surface area (Å²) in [5, 5.41) is 11.6. The molecule has 4 aromatic rings. The summed E-state index contributed by atoms with van der Waals surface area (Å²) in [4.78, 5) is 33.7. The first-order valence-electron chi connectivity index (χ1n) is 12.0. The second-order valence-electron chi connectivity index (χ2n) is 9.02. The molecule has 0 spiro atoms. The number of cyclic esters (lactones) is 1. The first-order chi connectivity index (χ1) is 17.4. The number of ether oxygens (including phenoxy) is 1. The van der Waals surface area contributed by atoms with Crippen LogP contribution < -0.4 is 10.6 Å². The lowest BCUT2D eigenvalue weighted by atomic mass is 10.1. The zero-order valence-electron chi connectivity index (χ0n) is 20.5. The van der Waals surface area contributed by atoms with E-state index in [1.54, 1.807) is 17.1 Å². The van der Waals surface area contributed by atoms with Crippen molar-refractivity contribution in [1.29, 1.82) is 0 Å². The number of oxazole rings is 1. The molecule has 36 heavy (non-hydrogen) atoms. The van der Waals surface area contributed by atoms with Gasteiger partial charge in [-0.3, -0.25) is 9.59 Å². The fraction of sp³-hybridized carbons (Fsp3) is 0.346. The van der Waals surface area contributed by atoms with E-state index in [1.807, 2.05) is 32.9 Å². The number of esters is 1. The van der Waals surface area contributed by atoms with Gasteiger partial charge in [-0.15, -0.1) is 0 Å². The molecule has 10 nitrogen and oxygen atoms in total. The van der Waals surface area contributed by atoms with Gasteiger partial charge < -0.3 is 19.8 Å². The van der Waals surface area contributed by atoms with Gasteiger partial charge in [0.2, 0.25) is 5.89 Å². The van der Waals surface area contributed by atoms with Gasteiger partial charge >= 0.3 is 5.97 Å². The topological polar surface area (TPSA) is 124 Å². The van der Waals surface area contributed by atoms with Crippen LogP contribution in [0.3, 0.4) is 0 Å². The number of aryl methyl sites for hydroxylation is 3. The highest BCUT2D eigenvalue weighted by atomic mass is 16.5. The zero-order valence-corrected chi connectivity index (χ0v) is 20.5. The lowest BCUT2D eigenvalue weighted by molar-refractivity contribution is -0.147. The fourth-order valence-corrected chi connectivity index (χ4v) is 4.53. The summed E-state index contributed by atoms with van der Waals surface area (Å²) < 4.78 is 12.6. The Morgan fingerprint density at radius 3 is 2.75 bits per heavy atom. The van der Waals surface area contributed by atoms with Gasteiger partial charge in [0.1, 0.15) is 6.26 Å². The molecule has 0 radical (unpaired) electrons. The number of pyridine rings is 1. The minimum atomic E-state index is -0.332. The number of benzene rings is 1. The number of amides is 1. The summed E-state index contributed by atoms with van der Waals surface area (Å²) >= 11 is 0. The van der Waals surface area contributed by atoms with Crippen molar-refractivity contribution in [1.82, 2.24) is 25.1 Å². The highest BCUT2D eigenvalue weighted by molar-refractivity contribution is 5.98. The Kier molecular flexibility index (Phi) is 6.41. The molecule has 0 bridgehead atoms. The number of fused-ring (bicyclic) bond motifs is 1. The number of anilines is 1. The maximum atomic E-state index is 12.8. The maximum Gasteiger partial charge on any atom is 0.307 e. The Balaban J connectivity index is 1.42. The van der Waals surface area contributed by atoms with Crippen LogP contribution in [0.2, 0.25) is 0 Å². The first kappa shape index (κ1) is 23.5. The predicted octanol–water partition coefficient (Wildman–Crippen LogP) is 3.77. The molecule has 1 fully saturated rings. The van der Waals surface area contributed by atoms with E-state index in [4.69, 9.17) is 9.15 Å². The lowest BCUT2D eigenvalue weighted by Gasteiger charge is -2.24. The highest BCUT2D eigenvalue weighted by Gasteiger charge is 2.25. The average molecular weight is 489 g/mol. The highest BCUT2D eigenvalue weighted by Crippen LogP contribution is 2.34. The van der Waals surface area contributed by atoms with E-state index in [9.17, 15) is 9.59 Å². The van der Waals surface area contributed by atoms with E-state index < -0.39 is 0 Å². The molecule has 1 amide bonds. The van der Waals surface area contributed by atoms with Crippen LogP contribution in [0.4, 0.5) is 5.69 Å². The summed E-state index contributed by atoms with van der Waals surface area (Å²) in [5.74, 6) is -0.318. The van der Waals surface area contributed by atoms with Gasteiger partial charge in [0.25, 0.3) is 5.91 Å². The Hall–Kier alpha value is -4.21. The monoisotopic (exact) mass is 488 g/mol. The van der Waals surface area contributed by atoms with Crippen molar-refractivity contribution >= 4 is 28.6 Å². The number of carbonyl (C=O) groups is 2. The molecule has 0 saturated carbocycles. The molecule has 1 aromatic carbocycles. The van der Waals surface area contributed by atoms with Crippen molar-refractivity contribution in [3.05, 3.63) is 59.2 Å². The smallest absolute Gasteiger partial charge is 0.307 e. The van der Waals surface area contributed by atoms with Crippen LogP contribution in [0.5, 0.6) is 0 Å². The van der Waals surface area contributed by atoms with E-state index in [0.717, 1.165) is 22.1 Å². The fourth-order valence-electron chi connectivity index (χ4n) is 4.53. The molecule has 1 unspecified atom stereocenters. The Bertz CT molecular complexity index is 1420. The summed E-state index contributed by atoms with van der Waals surface area (Å²) in [7, 11) is 0. The third-order valence-electron chi connectivity index (χ3n) is 6.16. The molecule has 10 heteroatoms. The van der Waals surface area contributed by atoms with Gasteiger partial charge in [0, 0.05) is 31.7 Å². The van der Waals surface area contributed by atoms with Gasteiger partial charge in [-0.05, 0) is 26.3 Å². The normalized spacial score (nSPS) is 15.6. The van der Waals surface area contributed by atoms with E-state index in [1.165, 1.54) is 6.26 Å². The number of hydrogen-bond donors (Lipinski definition) is 2. The van der Waals surface area contributed by atoms with Crippen molar-refractivity contribution in [2.75, 3.05) is 11.9 Å². The van der Waals surface area contributed by atoms with Crippen LogP contribution in [0.1, 0.15) is 46.9 Å². The van der Waals surface area contributed by atoms with Crippen LogP contribution in [-0.2, 0) is 22.6 Å². The number of hydrogen-bond acceptors (Lipinski definition) is 8. The van der Waals surface area contributed by atoms with Gasteiger partial charge in [-0.25, -0.2) is 14.6 Å². The summed E-state index contributed by atoms with van der Waals surface area (Å²) in [6.07, 6.45) is 5.66. The van der Waals surface area contributed by atoms with E-state index in [0.29, 0.717) is 43.0 Å². The van der Waals surface area contributed by atoms with Crippen molar-refractivity contribution in [2.24, 2.45) is 0 Å². The van der Waals surface area contributed by atoms with Crippen LogP contribution in [0, 0.1) is 13.8 Å². The predicted molar refractivity (Wildman–Crippen MR) is 133 cm³/mol. The quantitative estimate of drug-likeness (QED) is 0.377. The summed E-state index contributed by atoms with van der Waals surface area (Å²) in [5.41, 5.74) is 5.48. The molecule has 2 N–H and O–H groups in total. The summed E-state index contributed by atoms with van der Waals surface area (Å²) in [6.45, 7) is 7.45. The number of nitrogens with zero attached hydrogens (tertiary/aromatic N) is 4. The maximum absolute atomic E-state index is 12.8. The molecular formula is C26H28N6O4. The van der Waals surface area contributed by atoms with Gasteiger partial charge in [0.05, 0.1) is 35.9 Å². The molecule has 0 aliphatic carbocycles. The Morgan fingerprint density at radius 1 is 1.19 bits per heavy atom. The van der Waals surface area contributed by atoms with Crippen LogP contribution in [0.25, 0.3) is 22.5 Å². The number of aromatic nitrogens is 4. The Labute approximate surface area is 208 Å². The third kappa shape index (κ3) is 4.79. The van der Waals surface area contributed by atoms with Gasteiger partial charge in [-0.1, -0.05) is 29.3 Å². The number of rotatable bonds is 7. The largest absolute Gasteiger partial charge is 0.466 e. The second kappa shape index (κ2) is 9.80. The molecule has 1 aliphatic rings. The number of carbonyl (C=O) groups excluding carboxylic acids is 2. The van der Waals surface area contributed by atoms with Gasteiger partial charge in [-0.2, -0.15) is 5.10 Å². The SMILES string of the molecule is CCn1ncc2c(NC3CCOC(=O)C3)c(-c3nc(C(=O)NCc4cc(C)cc(C)c4)co3)cnc21. The van der Waals surface area contributed by atoms with Crippen LogP contribution >= 0.6 is 0 Å². The van der Waals surface area contributed by atoms with E-state index in [2.05, 4.69) is 31.8 Å². The van der Waals surface area contributed by atoms with E-state index >= 15 is 0 Å². The lowest BCUT2D eigenvalue weighted by Crippen LogP contribution is -2.31. The molecular weight excluding hydrogens is 460 g/mol. The van der Waals surface area contributed by atoms with Gasteiger partial charge in [0.15, 0.2) is 11.3 Å². The molecule has 4 heterocycles. The molecule has 5 rings (SSSR count). The summed E-state index contributed by atoms with van der Waals surface area (Å²) in [6, 6.07) is 6.05. The minimum absolute atomic E-state index is 0.115. The zero-order chi connectivity index (χ0) is 25.2. The standard InChI is InChI=1S/C26H28N6O4/c1-4-32-24-19(13-29-32)23(30-18-5-6-35-22(33)10-18)20(12-27-24)26-31-21(14-36-26)25(34)28-11-17-8-15(2)7-16(3)9-17/h7-9,12-14,18H,4-6,10-11H2,1-3H3,(H,27,30)(H,28,34). The molecule has 1 aliphatic heterocycles. The van der Waals surface area contributed by atoms with Crippen molar-refractivity contribution in [2.45, 2.75) is 52.7 Å². The Morgan fingerprint density at radius 2 is 2.00 bits per heavy atom. The minimum Gasteiger partial charge on any atom is -0.466 e. The molecule has 1 saturated heterocycles. The third-order valence-corrected chi connectivity index (χ3v) is 6.16. The molecule has 186 valence electrons. The van der Waals surface area contributed by atoms with Crippen molar-refractivity contribution < 1.29 is 18.7 Å². The van der Waals surface area contributed by atoms with Crippen molar-refractivity contribution in [3.8, 4) is 11.5 Å². The average Bonchev–Trinajstić information content (AvgIpc) is 3.50. The number of nitrogens with one attached hydrogen (secondary N) is 2. The van der Waals surface area contributed by atoms with Crippen LogP contribution in [-0.4, -0.2) is 44.3 Å². The molecule has 3 aromatic heterocycles. The van der Waals surface area contributed by atoms with Crippen molar-refractivity contribution in [3.63, 3.8) is 0 Å². The first-order valence-corrected chi connectivity index (χ1v) is 12.0. The second-order valence-corrected chi connectivity index (χ2v) is 9.02. The van der Waals surface area contributed by atoms with Crippen LogP contribution in [0.15, 0.2) is 41.3 Å².